The van der Waals surface area contributed by atoms with Gasteiger partial charge in [0.1, 0.15) is 30.0 Å². The van der Waals surface area contributed by atoms with Gasteiger partial charge in [-0.05, 0) is 171 Å². The molecule has 1 heterocycles. The van der Waals surface area contributed by atoms with Gasteiger partial charge >= 0.3 is 17.9 Å². The molecule has 1 saturated heterocycles. The molecule has 0 radical (unpaired) electrons. The summed E-state index contributed by atoms with van der Waals surface area (Å²) >= 11 is 0. The maximum Gasteiger partial charge on any atom is 0.343 e. The van der Waals surface area contributed by atoms with E-state index in [0.29, 0.717) is 48.0 Å². The molecule has 0 amide bonds. The molecule has 4 aliphatic carbocycles. The molecule has 0 aromatic heterocycles. The van der Waals surface area contributed by atoms with E-state index in [1.807, 2.05) is 0 Å². The van der Waals surface area contributed by atoms with E-state index in [1.54, 1.807) is 48.5 Å². The standard InChI is InChI=1S/C56H72O9/c1-7-56(35-61-36-56)34-60-31-32-62-43-20-22-45(23-21-43)64-52(58)40-13-11-39(12-14-40)51(57)63-44-18-15-41(16-19-44)53(59)65-46-27-29-54(5)42(33-46)17-24-47-49-26-25-48(38(4)10-8-9-37(2)3)55(49,6)30-28-50(47)54/h11-23,37-38,46-50H,7-10,24-36H2,1-6H3. The Labute approximate surface area is 387 Å². The topological polar surface area (TPSA) is 107 Å². The monoisotopic (exact) mass is 889 g/mol. The van der Waals surface area contributed by atoms with Crippen molar-refractivity contribution in [3.05, 3.63) is 101 Å². The number of allylic oxidation sites excluding steroid dienone is 1. The number of fused-ring (bicyclic) bond motifs is 5. The molecule has 0 bridgehead atoms. The van der Waals surface area contributed by atoms with Crippen LogP contribution in [0.25, 0.3) is 0 Å². The van der Waals surface area contributed by atoms with E-state index in [-0.39, 0.29) is 34.0 Å². The minimum atomic E-state index is -0.585. The molecule has 1 aliphatic heterocycles. The molecule has 8 rings (SSSR count). The molecule has 5 aliphatic rings. The van der Waals surface area contributed by atoms with Crippen LogP contribution in [0.3, 0.4) is 0 Å². The number of benzene rings is 3. The minimum absolute atomic E-state index is 0.142. The maximum atomic E-state index is 13.4. The first-order chi connectivity index (χ1) is 31.3. The lowest BCUT2D eigenvalue weighted by Gasteiger charge is -2.58. The Morgan fingerprint density at radius 2 is 1.32 bits per heavy atom. The van der Waals surface area contributed by atoms with Gasteiger partial charge in [-0.15, -0.1) is 0 Å². The van der Waals surface area contributed by atoms with E-state index < -0.39 is 11.9 Å². The molecule has 8 unspecified atom stereocenters. The Morgan fingerprint density at radius 3 is 1.94 bits per heavy atom. The Balaban J connectivity index is 0.773. The van der Waals surface area contributed by atoms with Crippen molar-refractivity contribution in [2.75, 3.05) is 33.0 Å². The van der Waals surface area contributed by atoms with E-state index in [4.69, 9.17) is 28.4 Å². The number of carbonyl (C=O) groups excluding carboxylic acids is 3. The molecule has 9 heteroatoms. The molecule has 350 valence electrons. The number of hydrogen-bond donors (Lipinski definition) is 0. The third-order valence-corrected chi connectivity index (χ3v) is 16.7. The van der Waals surface area contributed by atoms with Crippen LogP contribution in [0.4, 0.5) is 0 Å². The highest BCUT2D eigenvalue weighted by Crippen LogP contribution is 2.67. The van der Waals surface area contributed by atoms with Gasteiger partial charge in [0.15, 0.2) is 0 Å². The summed E-state index contributed by atoms with van der Waals surface area (Å²) in [6.07, 6.45) is 16.9. The van der Waals surface area contributed by atoms with Gasteiger partial charge in [-0.25, -0.2) is 14.4 Å². The second-order valence-corrected chi connectivity index (χ2v) is 21.2. The highest BCUT2D eigenvalue weighted by atomic mass is 16.6. The fraction of sp³-hybridized carbons (Fsp3) is 0.589. The zero-order valence-corrected chi connectivity index (χ0v) is 39.7. The number of rotatable bonds is 18. The van der Waals surface area contributed by atoms with Gasteiger partial charge in [0, 0.05) is 11.8 Å². The molecule has 3 aromatic rings. The molecule has 0 N–H and O–H groups in total. The molecule has 9 nitrogen and oxygen atoms in total. The maximum absolute atomic E-state index is 13.4. The summed E-state index contributed by atoms with van der Waals surface area (Å²) in [5, 5.41) is 0. The second kappa shape index (κ2) is 20.2. The van der Waals surface area contributed by atoms with Crippen molar-refractivity contribution < 1.29 is 42.8 Å². The highest BCUT2D eigenvalue weighted by molar-refractivity contribution is 5.95. The van der Waals surface area contributed by atoms with Gasteiger partial charge in [-0.2, -0.15) is 0 Å². The average Bonchev–Trinajstić information content (AvgIpc) is 3.65. The minimum Gasteiger partial charge on any atom is -0.491 e. The number of esters is 3. The SMILES string of the molecule is CCC1(COCCOc2ccc(OC(=O)c3ccc(C(=O)Oc4ccc(C(=O)OC5CCC6(C)C(=CCC7C6CCC6(C)C(C(C)CCCC(C)C)CCC76)C5)cc4)cc3)cc2)COC1. The summed E-state index contributed by atoms with van der Waals surface area (Å²) < 4.78 is 34.2. The molecule has 3 aromatic carbocycles. The summed E-state index contributed by atoms with van der Waals surface area (Å²) in [6.45, 7) is 17.6. The van der Waals surface area contributed by atoms with Crippen LogP contribution in [0, 0.1) is 51.8 Å². The van der Waals surface area contributed by atoms with Crippen LogP contribution in [-0.2, 0) is 14.2 Å². The fourth-order valence-corrected chi connectivity index (χ4v) is 12.6. The number of carbonyl (C=O) groups is 3. The van der Waals surface area contributed by atoms with E-state index in [9.17, 15) is 14.4 Å². The lowest BCUT2D eigenvalue weighted by atomic mass is 9.47. The van der Waals surface area contributed by atoms with Crippen molar-refractivity contribution in [2.24, 2.45) is 51.8 Å². The highest BCUT2D eigenvalue weighted by Gasteiger charge is 2.59. The Kier molecular flexibility index (Phi) is 14.6. The first-order valence-electron chi connectivity index (χ1n) is 24.7. The van der Waals surface area contributed by atoms with Gasteiger partial charge in [0.2, 0.25) is 0 Å². The van der Waals surface area contributed by atoms with Crippen LogP contribution in [0.1, 0.15) is 150 Å². The largest absolute Gasteiger partial charge is 0.491 e. The zero-order valence-electron chi connectivity index (χ0n) is 39.7. The smallest absolute Gasteiger partial charge is 0.343 e. The van der Waals surface area contributed by atoms with Gasteiger partial charge < -0.3 is 28.4 Å². The fourth-order valence-electron chi connectivity index (χ4n) is 12.6. The Hall–Kier alpha value is -4.47. The second-order valence-electron chi connectivity index (χ2n) is 21.2. The predicted molar refractivity (Wildman–Crippen MR) is 251 cm³/mol. The quantitative estimate of drug-likeness (QED) is 0.0534. The average molecular weight is 889 g/mol. The van der Waals surface area contributed by atoms with E-state index in [1.165, 1.54) is 81.2 Å². The summed E-state index contributed by atoms with van der Waals surface area (Å²) in [5.74, 6) is 4.59. The third-order valence-electron chi connectivity index (χ3n) is 16.7. The molecular formula is C56H72O9. The molecule has 4 fully saturated rings. The van der Waals surface area contributed by atoms with Gasteiger partial charge in [-0.1, -0.05) is 72.5 Å². The Morgan fingerprint density at radius 1 is 0.708 bits per heavy atom. The van der Waals surface area contributed by atoms with Gasteiger partial charge in [0.25, 0.3) is 0 Å². The van der Waals surface area contributed by atoms with Crippen molar-refractivity contribution in [1.82, 2.24) is 0 Å². The van der Waals surface area contributed by atoms with Crippen LogP contribution in [0.5, 0.6) is 17.2 Å². The molecule has 65 heavy (non-hydrogen) atoms. The van der Waals surface area contributed by atoms with Crippen molar-refractivity contribution in [3.8, 4) is 17.2 Å². The lowest BCUT2D eigenvalue weighted by Crippen LogP contribution is -2.51. The normalized spacial score (nSPS) is 28.1. The first kappa shape index (κ1) is 47.0. The van der Waals surface area contributed by atoms with Crippen molar-refractivity contribution in [3.63, 3.8) is 0 Å². The lowest BCUT2D eigenvalue weighted by molar-refractivity contribution is -0.151. The zero-order chi connectivity index (χ0) is 45.8. The van der Waals surface area contributed by atoms with Gasteiger partial charge in [-0.3, -0.25) is 0 Å². The van der Waals surface area contributed by atoms with E-state index in [0.717, 1.165) is 74.4 Å². The van der Waals surface area contributed by atoms with Crippen LogP contribution in [0.15, 0.2) is 84.4 Å². The molecule has 0 spiro atoms. The molecule has 8 atom stereocenters. The number of ether oxygens (including phenoxy) is 6. The summed E-state index contributed by atoms with van der Waals surface area (Å²) in [7, 11) is 0. The van der Waals surface area contributed by atoms with Crippen molar-refractivity contribution >= 4 is 17.9 Å². The number of hydrogen-bond acceptors (Lipinski definition) is 9. The predicted octanol–water partition coefficient (Wildman–Crippen LogP) is 12.5. The first-order valence-corrected chi connectivity index (χ1v) is 24.7. The van der Waals surface area contributed by atoms with Crippen LogP contribution in [-0.4, -0.2) is 57.0 Å². The van der Waals surface area contributed by atoms with Crippen molar-refractivity contribution in [1.29, 1.82) is 0 Å². The summed E-state index contributed by atoms with van der Waals surface area (Å²) in [5.41, 5.74) is 3.28. The molecule has 3 saturated carbocycles. The van der Waals surface area contributed by atoms with Crippen LogP contribution in [0.2, 0.25) is 0 Å². The summed E-state index contributed by atoms with van der Waals surface area (Å²) in [6, 6.07) is 19.4. The van der Waals surface area contributed by atoms with Gasteiger partial charge in [0.05, 0.1) is 43.1 Å². The van der Waals surface area contributed by atoms with E-state index >= 15 is 0 Å². The van der Waals surface area contributed by atoms with Crippen LogP contribution >= 0.6 is 0 Å². The van der Waals surface area contributed by atoms with Crippen LogP contribution < -0.4 is 14.2 Å². The van der Waals surface area contributed by atoms with Crippen molar-refractivity contribution in [2.45, 2.75) is 125 Å². The van der Waals surface area contributed by atoms with E-state index in [2.05, 4.69) is 47.6 Å². The molecular weight excluding hydrogens is 817 g/mol. The summed E-state index contributed by atoms with van der Waals surface area (Å²) in [4.78, 5) is 39.3. The Bertz CT molecular complexity index is 2130. The third kappa shape index (κ3) is 10.4.